The van der Waals surface area contributed by atoms with Gasteiger partial charge in [-0.3, -0.25) is 11.3 Å². The minimum atomic E-state index is 0.263. The number of aryl methyl sites for hydroxylation is 1. The van der Waals surface area contributed by atoms with E-state index < -0.39 is 0 Å². The molecule has 3 unspecified atom stereocenters. The Morgan fingerprint density at radius 1 is 1.37 bits per heavy atom. The van der Waals surface area contributed by atoms with Gasteiger partial charge in [0.15, 0.2) is 0 Å². The number of hydrogen-bond donors (Lipinski definition) is 2. The molecule has 1 aliphatic rings. The standard InChI is InChI=1S/C16H25BrN2/c1-3-12-6-4-5-7-13(12)16(19-18)14-10-11(2)8-9-15(14)17/h8-10,12-13,16,19H,3-7,18H2,1-2H3. The van der Waals surface area contributed by atoms with Crippen molar-refractivity contribution in [3.8, 4) is 0 Å². The van der Waals surface area contributed by atoms with Gasteiger partial charge in [0, 0.05) is 4.47 Å². The van der Waals surface area contributed by atoms with Gasteiger partial charge >= 0.3 is 0 Å². The van der Waals surface area contributed by atoms with Crippen molar-refractivity contribution in [1.82, 2.24) is 5.43 Å². The van der Waals surface area contributed by atoms with Crippen LogP contribution in [0.1, 0.15) is 56.2 Å². The molecule has 0 heterocycles. The number of benzene rings is 1. The highest BCUT2D eigenvalue weighted by Gasteiger charge is 2.32. The maximum atomic E-state index is 5.90. The van der Waals surface area contributed by atoms with E-state index in [-0.39, 0.29) is 6.04 Å². The summed E-state index contributed by atoms with van der Waals surface area (Å²) in [6.07, 6.45) is 6.60. The normalized spacial score (nSPS) is 25.3. The third-order valence-electron chi connectivity index (χ3n) is 4.59. The fourth-order valence-corrected chi connectivity index (χ4v) is 4.02. The second-order valence-corrected chi connectivity index (χ2v) is 6.64. The van der Waals surface area contributed by atoms with E-state index in [2.05, 4.69) is 53.4 Å². The molecule has 1 aromatic rings. The van der Waals surface area contributed by atoms with Gasteiger partial charge in [-0.25, -0.2) is 0 Å². The number of halogens is 1. The quantitative estimate of drug-likeness (QED) is 0.633. The zero-order valence-electron chi connectivity index (χ0n) is 12.0. The molecule has 3 heteroatoms. The lowest BCUT2D eigenvalue weighted by atomic mass is 9.72. The van der Waals surface area contributed by atoms with Gasteiger partial charge in [-0.05, 0) is 36.8 Å². The van der Waals surface area contributed by atoms with Crippen LogP contribution in [0.5, 0.6) is 0 Å². The number of nitrogens with two attached hydrogens (primary N) is 1. The van der Waals surface area contributed by atoms with Crippen LogP contribution in [-0.4, -0.2) is 0 Å². The topological polar surface area (TPSA) is 38.0 Å². The summed E-state index contributed by atoms with van der Waals surface area (Å²) < 4.78 is 1.17. The lowest BCUT2D eigenvalue weighted by Crippen LogP contribution is -2.38. The Bertz CT molecular complexity index is 419. The van der Waals surface area contributed by atoms with Crippen LogP contribution < -0.4 is 11.3 Å². The fourth-order valence-electron chi connectivity index (χ4n) is 3.53. The summed E-state index contributed by atoms with van der Waals surface area (Å²) >= 11 is 3.68. The predicted octanol–water partition coefficient (Wildman–Crippen LogP) is 4.48. The Labute approximate surface area is 125 Å². The van der Waals surface area contributed by atoms with Crippen LogP contribution in [0.4, 0.5) is 0 Å². The van der Waals surface area contributed by atoms with Crippen LogP contribution in [0.15, 0.2) is 22.7 Å². The molecule has 0 aromatic heterocycles. The second-order valence-electron chi connectivity index (χ2n) is 5.79. The summed E-state index contributed by atoms with van der Waals surface area (Å²) in [4.78, 5) is 0. The third-order valence-corrected chi connectivity index (χ3v) is 5.31. The van der Waals surface area contributed by atoms with Crippen molar-refractivity contribution in [1.29, 1.82) is 0 Å². The molecule has 1 saturated carbocycles. The van der Waals surface area contributed by atoms with E-state index in [0.29, 0.717) is 5.92 Å². The highest BCUT2D eigenvalue weighted by Crippen LogP contribution is 2.41. The number of rotatable bonds is 4. The molecular formula is C16H25BrN2. The number of hydrogen-bond acceptors (Lipinski definition) is 2. The largest absolute Gasteiger partial charge is 0.271 e. The third kappa shape index (κ3) is 3.39. The summed E-state index contributed by atoms with van der Waals surface area (Å²) in [6, 6.07) is 6.80. The minimum absolute atomic E-state index is 0.263. The van der Waals surface area contributed by atoms with Crippen LogP contribution in [-0.2, 0) is 0 Å². The lowest BCUT2D eigenvalue weighted by Gasteiger charge is -2.37. The van der Waals surface area contributed by atoms with Crippen molar-refractivity contribution in [2.45, 2.75) is 52.0 Å². The van der Waals surface area contributed by atoms with Crippen LogP contribution in [0.2, 0.25) is 0 Å². The Balaban J connectivity index is 2.29. The van der Waals surface area contributed by atoms with Gasteiger partial charge in [0.1, 0.15) is 0 Å². The second kappa shape index (κ2) is 6.87. The van der Waals surface area contributed by atoms with Gasteiger partial charge in [0.2, 0.25) is 0 Å². The molecule has 0 amide bonds. The highest BCUT2D eigenvalue weighted by molar-refractivity contribution is 9.10. The summed E-state index contributed by atoms with van der Waals surface area (Å²) in [5.74, 6) is 7.35. The smallest absolute Gasteiger partial charge is 0.0502 e. The first-order valence-corrected chi connectivity index (χ1v) is 8.18. The first-order chi connectivity index (χ1) is 9.17. The van der Waals surface area contributed by atoms with E-state index >= 15 is 0 Å². The molecule has 0 bridgehead atoms. The molecule has 106 valence electrons. The molecule has 2 nitrogen and oxygen atoms in total. The average Bonchev–Trinajstić information content (AvgIpc) is 2.44. The summed E-state index contributed by atoms with van der Waals surface area (Å²) in [5, 5.41) is 0. The first kappa shape index (κ1) is 15.0. The van der Waals surface area contributed by atoms with E-state index in [1.54, 1.807) is 0 Å². The Hall–Kier alpha value is -0.380. The molecule has 3 atom stereocenters. The van der Waals surface area contributed by atoms with Crippen molar-refractivity contribution in [3.63, 3.8) is 0 Å². The van der Waals surface area contributed by atoms with Gasteiger partial charge in [-0.15, -0.1) is 0 Å². The predicted molar refractivity (Wildman–Crippen MR) is 84.7 cm³/mol. The fraction of sp³-hybridized carbons (Fsp3) is 0.625. The molecule has 1 aromatic carbocycles. The van der Waals surface area contributed by atoms with Crippen LogP contribution in [0.3, 0.4) is 0 Å². The van der Waals surface area contributed by atoms with Crippen molar-refractivity contribution >= 4 is 15.9 Å². The monoisotopic (exact) mass is 324 g/mol. The van der Waals surface area contributed by atoms with Crippen LogP contribution in [0.25, 0.3) is 0 Å². The van der Waals surface area contributed by atoms with E-state index in [9.17, 15) is 0 Å². The molecule has 0 spiro atoms. The van der Waals surface area contributed by atoms with E-state index in [1.165, 1.54) is 47.7 Å². The number of nitrogens with one attached hydrogen (secondary N) is 1. The highest BCUT2D eigenvalue weighted by atomic mass is 79.9. The van der Waals surface area contributed by atoms with Crippen LogP contribution >= 0.6 is 15.9 Å². The summed E-state index contributed by atoms with van der Waals surface area (Å²) in [6.45, 7) is 4.45. The molecule has 0 saturated heterocycles. The molecule has 3 N–H and O–H groups in total. The Morgan fingerprint density at radius 3 is 2.79 bits per heavy atom. The molecular weight excluding hydrogens is 300 g/mol. The maximum Gasteiger partial charge on any atom is 0.0502 e. The van der Waals surface area contributed by atoms with Crippen molar-refractivity contribution < 1.29 is 0 Å². The summed E-state index contributed by atoms with van der Waals surface area (Å²) in [7, 11) is 0. The van der Waals surface area contributed by atoms with Crippen molar-refractivity contribution in [3.05, 3.63) is 33.8 Å². The van der Waals surface area contributed by atoms with Gasteiger partial charge in [-0.1, -0.05) is 66.2 Å². The van der Waals surface area contributed by atoms with E-state index in [4.69, 9.17) is 5.84 Å². The molecule has 19 heavy (non-hydrogen) atoms. The average molecular weight is 325 g/mol. The van der Waals surface area contributed by atoms with Gasteiger partial charge in [0.05, 0.1) is 6.04 Å². The molecule has 0 radical (unpaired) electrons. The first-order valence-electron chi connectivity index (χ1n) is 7.39. The van der Waals surface area contributed by atoms with Gasteiger partial charge < -0.3 is 0 Å². The zero-order chi connectivity index (χ0) is 13.8. The maximum absolute atomic E-state index is 5.90. The summed E-state index contributed by atoms with van der Waals surface area (Å²) in [5.41, 5.74) is 5.70. The lowest BCUT2D eigenvalue weighted by molar-refractivity contribution is 0.175. The molecule has 1 fully saturated rings. The van der Waals surface area contributed by atoms with Crippen molar-refractivity contribution in [2.75, 3.05) is 0 Å². The van der Waals surface area contributed by atoms with Gasteiger partial charge in [0.25, 0.3) is 0 Å². The Morgan fingerprint density at radius 2 is 2.11 bits per heavy atom. The zero-order valence-corrected chi connectivity index (χ0v) is 13.5. The minimum Gasteiger partial charge on any atom is -0.271 e. The molecule has 1 aliphatic carbocycles. The molecule has 2 rings (SSSR count). The van der Waals surface area contributed by atoms with Gasteiger partial charge in [-0.2, -0.15) is 0 Å². The number of hydrazine groups is 1. The van der Waals surface area contributed by atoms with E-state index in [0.717, 1.165) is 5.92 Å². The van der Waals surface area contributed by atoms with E-state index in [1.807, 2.05) is 0 Å². The van der Waals surface area contributed by atoms with Crippen molar-refractivity contribution in [2.24, 2.45) is 17.7 Å². The van der Waals surface area contributed by atoms with Crippen LogP contribution in [0, 0.1) is 18.8 Å². The molecule has 0 aliphatic heterocycles. The Kier molecular flexibility index (Phi) is 5.43. The SMILES string of the molecule is CCC1CCCCC1C(NN)c1cc(C)ccc1Br.